The molecule has 0 spiro atoms. The first-order valence-electron chi connectivity index (χ1n) is 6.12. The van der Waals surface area contributed by atoms with Gasteiger partial charge in [-0.15, -0.1) is 0 Å². The van der Waals surface area contributed by atoms with E-state index in [1.165, 1.54) is 5.46 Å². The minimum absolute atomic E-state index is 0.0227. The van der Waals surface area contributed by atoms with Crippen LogP contribution in [-0.4, -0.2) is 26.9 Å². The maximum Gasteiger partial charge on any atom is 0.351 e. The summed E-state index contributed by atoms with van der Waals surface area (Å²) in [6.45, 7) is 14.3. The molecule has 0 radical (unpaired) electrons. The van der Waals surface area contributed by atoms with Crippen LogP contribution in [-0.2, 0) is 0 Å². The van der Waals surface area contributed by atoms with E-state index >= 15 is 0 Å². The van der Waals surface area contributed by atoms with E-state index in [1.807, 2.05) is 6.07 Å². The Hall–Kier alpha value is -0.0313. The van der Waals surface area contributed by atoms with E-state index < -0.39 is 16.5 Å². The van der Waals surface area contributed by atoms with Gasteiger partial charge >= 0.3 is 6.26 Å². The highest BCUT2D eigenvalue weighted by Gasteiger charge is 2.41. The molecular formula is C12H23BClNSi2. The molecule has 0 saturated heterocycles. The molecule has 0 aliphatic heterocycles. The van der Waals surface area contributed by atoms with Gasteiger partial charge < -0.3 is 4.14 Å². The Morgan fingerprint density at radius 3 is 1.65 bits per heavy atom. The van der Waals surface area contributed by atoms with Crippen LogP contribution in [0, 0.1) is 0 Å². The highest BCUT2D eigenvalue weighted by molar-refractivity contribution is 7.21. The molecule has 0 bridgehead atoms. The molecule has 1 nitrogen and oxygen atoms in total. The summed E-state index contributed by atoms with van der Waals surface area (Å²) in [5, 5.41) is 0. The Balaban J connectivity index is 3.09. The fourth-order valence-electron chi connectivity index (χ4n) is 2.45. The molecule has 0 aliphatic rings. The molecule has 0 saturated carbocycles. The minimum Gasteiger partial charge on any atom is -0.370 e. The lowest BCUT2D eigenvalue weighted by Gasteiger charge is -2.45. The average molecular weight is 284 g/mol. The van der Waals surface area contributed by atoms with Gasteiger partial charge in [-0.25, -0.2) is 0 Å². The number of halogens is 1. The van der Waals surface area contributed by atoms with Gasteiger partial charge in [0.05, 0.1) is 0 Å². The Labute approximate surface area is 113 Å². The monoisotopic (exact) mass is 283 g/mol. The third-order valence-electron chi connectivity index (χ3n) is 2.75. The van der Waals surface area contributed by atoms with Crippen molar-refractivity contribution in [3.8, 4) is 0 Å². The van der Waals surface area contributed by atoms with E-state index in [1.54, 1.807) is 0 Å². The van der Waals surface area contributed by atoms with E-state index in [9.17, 15) is 0 Å². The van der Waals surface area contributed by atoms with Gasteiger partial charge in [0.25, 0.3) is 0 Å². The molecule has 0 unspecified atom stereocenters. The molecule has 0 N–H and O–H groups in total. The second-order valence-electron chi connectivity index (χ2n) is 6.46. The van der Waals surface area contributed by atoms with E-state index in [4.69, 9.17) is 11.5 Å². The molecule has 0 aliphatic carbocycles. The van der Waals surface area contributed by atoms with Crippen LogP contribution in [0.3, 0.4) is 0 Å². The highest BCUT2D eigenvalue weighted by Crippen LogP contribution is 2.22. The molecule has 0 aromatic heterocycles. The molecule has 0 atom stereocenters. The lowest BCUT2D eigenvalue weighted by molar-refractivity contribution is 0.953. The van der Waals surface area contributed by atoms with Crippen LogP contribution in [0.5, 0.6) is 0 Å². The fourth-order valence-corrected chi connectivity index (χ4v) is 14.1. The van der Waals surface area contributed by atoms with Crippen molar-refractivity contribution >= 4 is 39.7 Å². The fraction of sp³-hybridized carbons (Fsp3) is 0.500. The maximum absolute atomic E-state index is 6.74. The number of hydrogen-bond donors (Lipinski definition) is 0. The Bertz CT molecular complexity index is 345. The SMILES string of the molecule is C[Si](C)(C)N(B(Cl)c1ccccc1)[Si](C)(C)C. The molecule has 1 rings (SSSR count). The van der Waals surface area contributed by atoms with Crippen molar-refractivity contribution in [2.45, 2.75) is 39.3 Å². The van der Waals surface area contributed by atoms with Crippen LogP contribution in [0.15, 0.2) is 30.3 Å². The number of benzene rings is 1. The van der Waals surface area contributed by atoms with Crippen LogP contribution < -0.4 is 5.46 Å². The zero-order valence-electron chi connectivity index (χ0n) is 11.8. The molecule has 94 valence electrons. The van der Waals surface area contributed by atoms with Crippen LogP contribution in [0.1, 0.15) is 0 Å². The standard InChI is InChI=1S/C12H23BClNSi2/c1-16(2,3)15(17(4,5)6)13(14)12-10-8-7-9-11-12/h7-11H,1-6H3. The molecule has 0 heterocycles. The molecule has 5 heteroatoms. The second-order valence-corrected chi connectivity index (χ2v) is 17.0. The topological polar surface area (TPSA) is 3.24 Å². The number of nitrogens with zero attached hydrogens (tertiary/aromatic N) is 1. The highest BCUT2D eigenvalue weighted by atomic mass is 35.5. The predicted molar refractivity (Wildman–Crippen MR) is 86.2 cm³/mol. The zero-order valence-corrected chi connectivity index (χ0v) is 14.5. The zero-order chi connectivity index (χ0) is 13.3. The molecule has 0 fully saturated rings. The summed E-state index contributed by atoms with van der Waals surface area (Å²) >= 11 is 6.74. The van der Waals surface area contributed by atoms with Crippen LogP contribution in [0.2, 0.25) is 39.3 Å². The van der Waals surface area contributed by atoms with Crippen LogP contribution in [0.25, 0.3) is 0 Å². The van der Waals surface area contributed by atoms with E-state index in [0.29, 0.717) is 0 Å². The van der Waals surface area contributed by atoms with E-state index in [0.717, 1.165) is 0 Å². The summed E-state index contributed by atoms with van der Waals surface area (Å²) in [5.74, 6) is 0. The number of hydrogen-bond acceptors (Lipinski definition) is 1. The quantitative estimate of drug-likeness (QED) is 0.763. The van der Waals surface area contributed by atoms with Gasteiger partial charge in [-0.2, -0.15) is 11.5 Å². The first kappa shape index (κ1) is 15.0. The number of rotatable bonds is 4. The van der Waals surface area contributed by atoms with Crippen LogP contribution in [0.4, 0.5) is 0 Å². The maximum atomic E-state index is 6.74. The summed E-state index contributed by atoms with van der Waals surface area (Å²) in [7, 11) is -2.81. The summed E-state index contributed by atoms with van der Waals surface area (Å²) in [6.07, 6.45) is 0.0227. The van der Waals surface area contributed by atoms with Gasteiger partial charge in [0.1, 0.15) is 16.5 Å². The van der Waals surface area contributed by atoms with Crippen molar-refractivity contribution in [1.82, 2.24) is 4.14 Å². The summed E-state index contributed by atoms with van der Waals surface area (Å²) in [4.78, 5) is 0. The van der Waals surface area contributed by atoms with Crippen molar-refractivity contribution in [3.63, 3.8) is 0 Å². The van der Waals surface area contributed by atoms with Crippen molar-refractivity contribution in [2.24, 2.45) is 0 Å². The van der Waals surface area contributed by atoms with Gasteiger partial charge in [0.2, 0.25) is 0 Å². The van der Waals surface area contributed by atoms with Crippen molar-refractivity contribution in [1.29, 1.82) is 0 Å². The third kappa shape index (κ3) is 3.98. The Kier molecular flexibility index (Phi) is 4.69. The molecule has 0 amide bonds. The van der Waals surface area contributed by atoms with E-state index in [2.05, 4.69) is 67.7 Å². The molecule has 1 aromatic rings. The Morgan fingerprint density at radius 2 is 1.29 bits per heavy atom. The van der Waals surface area contributed by atoms with Gasteiger partial charge in [-0.3, -0.25) is 0 Å². The predicted octanol–water partition coefficient (Wildman–Crippen LogP) is 3.59. The van der Waals surface area contributed by atoms with Crippen molar-refractivity contribution in [3.05, 3.63) is 30.3 Å². The summed E-state index contributed by atoms with van der Waals surface area (Å²) in [6, 6.07) is 10.4. The minimum atomic E-state index is -1.40. The van der Waals surface area contributed by atoms with Gasteiger partial charge in [0.15, 0.2) is 0 Å². The summed E-state index contributed by atoms with van der Waals surface area (Å²) < 4.78 is 2.62. The molecule has 1 aromatic carbocycles. The lowest BCUT2D eigenvalue weighted by Crippen LogP contribution is -2.66. The van der Waals surface area contributed by atoms with Gasteiger partial charge in [-0.1, -0.05) is 69.6 Å². The smallest absolute Gasteiger partial charge is 0.351 e. The third-order valence-corrected chi connectivity index (χ3v) is 11.0. The van der Waals surface area contributed by atoms with Crippen molar-refractivity contribution in [2.75, 3.05) is 0 Å². The average Bonchev–Trinajstić information content (AvgIpc) is 2.14. The van der Waals surface area contributed by atoms with Crippen LogP contribution >= 0.6 is 11.5 Å². The van der Waals surface area contributed by atoms with Gasteiger partial charge in [0, 0.05) is 0 Å². The molecular weight excluding hydrogens is 261 g/mol. The summed E-state index contributed by atoms with van der Waals surface area (Å²) in [5.41, 5.74) is 1.22. The van der Waals surface area contributed by atoms with Gasteiger partial charge in [-0.05, 0) is 5.46 Å². The van der Waals surface area contributed by atoms with Crippen molar-refractivity contribution < 1.29 is 0 Å². The Morgan fingerprint density at radius 1 is 0.882 bits per heavy atom. The molecule has 17 heavy (non-hydrogen) atoms. The van der Waals surface area contributed by atoms with E-state index in [-0.39, 0.29) is 6.26 Å². The second kappa shape index (κ2) is 5.31. The largest absolute Gasteiger partial charge is 0.370 e. The normalized spacial score (nSPS) is 12.9. The first-order chi connectivity index (χ1) is 7.64. The lowest BCUT2D eigenvalue weighted by atomic mass is 9.83. The first-order valence-corrected chi connectivity index (χ1v) is 13.5.